The van der Waals surface area contributed by atoms with Gasteiger partial charge in [-0.05, 0) is 56.2 Å². The number of amides is 2. The van der Waals surface area contributed by atoms with Crippen LogP contribution >= 0.6 is 11.6 Å². The number of rotatable bonds is 4. The lowest BCUT2D eigenvalue weighted by Gasteiger charge is -2.16. The van der Waals surface area contributed by atoms with Crippen molar-refractivity contribution in [2.75, 3.05) is 11.9 Å². The van der Waals surface area contributed by atoms with Crippen LogP contribution in [0.15, 0.2) is 64.1 Å². The lowest BCUT2D eigenvalue weighted by atomic mass is 9.93. The van der Waals surface area contributed by atoms with Gasteiger partial charge in [0, 0.05) is 40.9 Å². The largest absolute Gasteiger partial charge is 0.455 e. The van der Waals surface area contributed by atoms with Gasteiger partial charge in [0.1, 0.15) is 5.76 Å². The molecule has 6 nitrogen and oxygen atoms in total. The third kappa shape index (κ3) is 4.25. The number of nitrogens with one attached hydrogen (secondary N) is 1. The highest BCUT2D eigenvalue weighted by atomic mass is 35.5. The highest BCUT2D eigenvalue weighted by Crippen LogP contribution is 2.31. The third-order valence-corrected chi connectivity index (χ3v) is 5.62. The maximum absolute atomic E-state index is 13.1. The average molecular weight is 436 g/mol. The van der Waals surface area contributed by atoms with Gasteiger partial charge in [0.2, 0.25) is 0 Å². The van der Waals surface area contributed by atoms with E-state index >= 15 is 0 Å². The van der Waals surface area contributed by atoms with Gasteiger partial charge in [-0.25, -0.2) is 5.43 Å². The number of carbonyl (C=O) groups is 2. The maximum Gasteiger partial charge on any atom is 0.294 e. The Hall–Kier alpha value is -3.38. The van der Waals surface area contributed by atoms with Gasteiger partial charge in [-0.2, -0.15) is 5.10 Å². The average Bonchev–Trinajstić information content (AvgIpc) is 3.14. The molecule has 1 N–H and O–H groups in total. The first kappa shape index (κ1) is 20.9. The number of furan rings is 1. The van der Waals surface area contributed by atoms with E-state index in [2.05, 4.69) is 10.5 Å². The summed E-state index contributed by atoms with van der Waals surface area (Å²) in [4.78, 5) is 27.1. The molecular weight excluding hydrogens is 414 g/mol. The van der Waals surface area contributed by atoms with Crippen molar-refractivity contribution in [1.29, 1.82) is 0 Å². The molecule has 1 aliphatic carbocycles. The van der Waals surface area contributed by atoms with Crippen LogP contribution in [-0.2, 0) is 6.42 Å². The van der Waals surface area contributed by atoms with Crippen molar-refractivity contribution >= 4 is 34.8 Å². The van der Waals surface area contributed by atoms with E-state index in [0.717, 1.165) is 35.4 Å². The number of benzene rings is 2. The van der Waals surface area contributed by atoms with Crippen LogP contribution in [0.2, 0.25) is 5.02 Å². The summed E-state index contributed by atoms with van der Waals surface area (Å²) in [5, 5.41) is 4.92. The minimum atomic E-state index is -0.322. The predicted molar refractivity (Wildman–Crippen MR) is 121 cm³/mol. The molecule has 0 unspecified atom stereocenters. The number of fused-ring (bicyclic) bond motifs is 1. The first-order chi connectivity index (χ1) is 15.0. The zero-order chi connectivity index (χ0) is 22.0. The van der Waals surface area contributed by atoms with E-state index in [4.69, 9.17) is 16.0 Å². The molecule has 0 saturated carbocycles. The summed E-state index contributed by atoms with van der Waals surface area (Å²) < 4.78 is 5.98. The topological polar surface area (TPSA) is 74.9 Å². The Bertz CT molecular complexity index is 1150. The number of hydrazone groups is 1. The Balaban J connectivity index is 1.59. The quantitative estimate of drug-likeness (QED) is 0.586. The van der Waals surface area contributed by atoms with E-state index in [1.807, 2.05) is 37.3 Å². The number of nitrogens with zero attached hydrogens (tertiary/aromatic N) is 2. The van der Waals surface area contributed by atoms with Crippen LogP contribution in [0.1, 0.15) is 50.6 Å². The second kappa shape index (κ2) is 8.78. The summed E-state index contributed by atoms with van der Waals surface area (Å²) >= 11 is 5.88. The van der Waals surface area contributed by atoms with Crippen molar-refractivity contribution in [2.45, 2.75) is 26.2 Å². The zero-order valence-electron chi connectivity index (χ0n) is 17.3. The molecule has 0 atom stereocenters. The van der Waals surface area contributed by atoms with Gasteiger partial charge in [-0.1, -0.05) is 29.8 Å². The van der Waals surface area contributed by atoms with Gasteiger partial charge in [0.15, 0.2) is 5.76 Å². The SMILES string of the molecule is Cc1c(C(=O)N(C)c2ccccc2)oc2c1/C(=N/NC(=O)c1ccc(Cl)cc1)CCC2. The van der Waals surface area contributed by atoms with E-state index in [0.29, 0.717) is 28.5 Å². The number of aryl methyl sites for hydroxylation is 1. The molecule has 0 saturated heterocycles. The molecule has 0 fully saturated rings. The molecule has 1 heterocycles. The Morgan fingerprint density at radius 2 is 1.77 bits per heavy atom. The zero-order valence-corrected chi connectivity index (χ0v) is 18.1. The van der Waals surface area contributed by atoms with Crippen LogP contribution in [0.25, 0.3) is 0 Å². The minimum absolute atomic E-state index is 0.220. The summed E-state index contributed by atoms with van der Waals surface area (Å²) in [5.74, 6) is 0.489. The fourth-order valence-electron chi connectivity index (χ4n) is 3.69. The van der Waals surface area contributed by atoms with Crippen LogP contribution in [0.4, 0.5) is 5.69 Å². The molecule has 0 radical (unpaired) electrons. The van der Waals surface area contributed by atoms with Crippen LogP contribution < -0.4 is 10.3 Å². The molecule has 1 aliphatic rings. The van der Waals surface area contributed by atoms with Crippen molar-refractivity contribution in [3.05, 3.63) is 87.8 Å². The van der Waals surface area contributed by atoms with Crippen molar-refractivity contribution in [2.24, 2.45) is 5.10 Å². The second-order valence-electron chi connectivity index (χ2n) is 7.41. The summed E-state index contributed by atoms with van der Waals surface area (Å²) in [6.45, 7) is 1.86. The fraction of sp³-hybridized carbons (Fsp3) is 0.208. The normalized spacial score (nSPS) is 14.2. The van der Waals surface area contributed by atoms with Crippen LogP contribution in [-0.4, -0.2) is 24.6 Å². The van der Waals surface area contributed by atoms with Crippen molar-refractivity contribution in [3.63, 3.8) is 0 Å². The monoisotopic (exact) mass is 435 g/mol. The number of para-hydroxylation sites is 1. The Kier molecular flexibility index (Phi) is 5.91. The van der Waals surface area contributed by atoms with Gasteiger partial charge in [-0.3, -0.25) is 9.59 Å². The molecule has 0 bridgehead atoms. The molecule has 1 aromatic heterocycles. The minimum Gasteiger partial charge on any atom is -0.455 e. The maximum atomic E-state index is 13.1. The summed E-state index contributed by atoms with van der Waals surface area (Å²) in [6.07, 6.45) is 2.25. The lowest BCUT2D eigenvalue weighted by molar-refractivity contribution is 0.0951. The van der Waals surface area contributed by atoms with Crippen LogP contribution in [0.3, 0.4) is 0 Å². The highest BCUT2D eigenvalue weighted by molar-refractivity contribution is 6.30. The molecule has 7 heteroatoms. The first-order valence-electron chi connectivity index (χ1n) is 10.0. The van der Waals surface area contributed by atoms with Gasteiger partial charge in [0.25, 0.3) is 11.8 Å². The van der Waals surface area contributed by atoms with Crippen molar-refractivity contribution < 1.29 is 14.0 Å². The van der Waals surface area contributed by atoms with Crippen LogP contribution in [0.5, 0.6) is 0 Å². The van der Waals surface area contributed by atoms with Gasteiger partial charge in [0.05, 0.1) is 5.71 Å². The van der Waals surface area contributed by atoms with E-state index in [9.17, 15) is 9.59 Å². The van der Waals surface area contributed by atoms with E-state index in [-0.39, 0.29) is 11.8 Å². The summed E-state index contributed by atoms with van der Waals surface area (Å²) in [6, 6.07) is 16.0. The molecule has 31 heavy (non-hydrogen) atoms. The molecule has 0 spiro atoms. The molecule has 2 aromatic carbocycles. The van der Waals surface area contributed by atoms with Crippen molar-refractivity contribution in [3.8, 4) is 0 Å². The van der Waals surface area contributed by atoms with Crippen molar-refractivity contribution in [1.82, 2.24) is 5.43 Å². The number of anilines is 1. The molecule has 0 aliphatic heterocycles. The van der Waals surface area contributed by atoms with E-state index < -0.39 is 0 Å². The predicted octanol–water partition coefficient (Wildman–Crippen LogP) is 4.99. The smallest absolute Gasteiger partial charge is 0.294 e. The molecule has 158 valence electrons. The standard InChI is InChI=1S/C24H22ClN3O3/c1-15-21-19(26-27-23(29)16-11-13-17(25)14-12-16)9-6-10-20(21)31-22(15)24(30)28(2)18-7-4-3-5-8-18/h3-5,7-8,11-14H,6,9-10H2,1-2H3,(H,27,29)/b26-19+. The fourth-order valence-corrected chi connectivity index (χ4v) is 3.82. The summed E-state index contributed by atoms with van der Waals surface area (Å²) in [5.41, 5.74) is 6.13. The first-order valence-corrected chi connectivity index (χ1v) is 10.4. The molecular formula is C24H22ClN3O3. The number of carbonyl (C=O) groups excluding carboxylic acids is 2. The van der Waals surface area contributed by atoms with Gasteiger partial charge < -0.3 is 9.32 Å². The number of hydrogen-bond donors (Lipinski definition) is 1. The Morgan fingerprint density at radius 3 is 2.48 bits per heavy atom. The molecule has 2 amide bonds. The summed E-state index contributed by atoms with van der Waals surface area (Å²) in [7, 11) is 1.72. The van der Waals surface area contributed by atoms with Gasteiger partial charge in [-0.15, -0.1) is 0 Å². The molecule has 3 aromatic rings. The molecule has 4 rings (SSSR count). The Labute approximate surface area is 185 Å². The third-order valence-electron chi connectivity index (χ3n) is 5.37. The number of halogens is 1. The van der Waals surface area contributed by atoms with E-state index in [1.165, 1.54) is 0 Å². The van der Waals surface area contributed by atoms with E-state index in [1.54, 1.807) is 36.2 Å². The van der Waals surface area contributed by atoms with Crippen LogP contribution in [0, 0.1) is 6.92 Å². The number of hydrogen-bond acceptors (Lipinski definition) is 4. The second-order valence-corrected chi connectivity index (χ2v) is 7.85. The lowest BCUT2D eigenvalue weighted by Crippen LogP contribution is -2.26. The highest BCUT2D eigenvalue weighted by Gasteiger charge is 2.29. The Morgan fingerprint density at radius 1 is 1.06 bits per heavy atom. The van der Waals surface area contributed by atoms with Gasteiger partial charge >= 0.3 is 0 Å².